The maximum Gasteiger partial charge on any atom is 0.266 e. The molecule has 5 nitrogen and oxygen atoms in total. The van der Waals surface area contributed by atoms with Gasteiger partial charge in [-0.2, -0.15) is 5.26 Å². The molecule has 3 aromatic carbocycles. The van der Waals surface area contributed by atoms with Crippen LogP contribution in [-0.4, -0.2) is 12.5 Å². The fraction of sp³-hybridized carbons (Fsp3) is 0.120. The summed E-state index contributed by atoms with van der Waals surface area (Å²) >= 11 is 0. The van der Waals surface area contributed by atoms with E-state index in [9.17, 15) is 18.8 Å². The topological polar surface area (TPSA) is 71.3 Å². The Labute approximate surface area is 184 Å². The van der Waals surface area contributed by atoms with E-state index in [1.807, 2.05) is 13.0 Å². The Morgan fingerprint density at radius 2 is 1.62 bits per heavy atom. The number of hydrogen-bond donors (Lipinski definition) is 1. The first-order valence-electron chi connectivity index (χ1n) is 9.81. The highest BCUT2D eigenvalue weighted by Gasteiger charge is 2.12. The summed E-state index contributed by atoms with van der Waals surface area (Å²) in [6.45, 7) is 2.43. The number of amides is 1. The zero-order valence-corrected chi connectivity index (χ0v) is 17.3. The quantitative estimate of drug-likeness (QED) is 0.376. The number of nitrogens with one attached hydrogen (secondary N) is 1. The van der Waals surface area contributed by atoms with Crippen LogP contribution in [0.4, 0.5) is 14.5 Å². The number of rotatable bonds is 8. The zero-order valence-electron chi connectivity index (χ0n) is 17.3. The van der Waals surface area contributed by atoms with E-state index < -0.39 is 11.7 Å². The fourth-order valence-corrected chi connectivity index (χ4v) is 2.79. The van der Waals surface area contributed by atoms with E-state index in [2.05, 4.69) is 5.32 Å². The Bertz CT molecular complexity index is 1150. The SMILES string of the molecule is CCOc1cc(/C=C(/C#N)C(=O)Nc2ccc(F)cc2)ccc1OCc1ccc(F)cc1. The van der Waals surface area contributed by atoms with Gasteiger partial charge in [0, 0.05) is 5.69 Å². The zero-order chi connectivity index (χ0) is 22.9. The van der Waals surface area contributed by atoms with E-state index in [1.165, 1.54) is 42.5 Å². The number of anilines is 1. The molecule has 3 aromatic rings. The summed E-state index contributed by atoms with van der Waals surface area (Å²) in [5.41, 5.74) is 1.60. The second-order valence-electron chi connectivity index (χ2n) is 6.69. The lowest BCUT2D eigenvalue weighted by Crippen LogP contribution is -2.13. The van der Waals surface area contributed by atoms with Crippen LogP contribution in [0.1, 0.15) is 18.1 Å². The molecule has 0 aliphatic heterocycles. The second-order valence-corrected chi connectivity index (χ2v) is 6.69. The van der Waals surface area contributed by atoms with Crippen molar-refractivity contribution in [3.8, 4) is 17.6 Å². The average molecular weight is 434 g/mol. The van der Waals surface area contributed by atoms with Crippen molar-refractivity contribution in [3.63, 3.8) is 0 Å². The highest BCUT2D eigenvalue weighted by molar-refractivity contribution is 6.09. The number of hydrogen-bond acceptors (Lipinski definition) is 4. The van der Waals surface area contributed by atoms with E-state index >= 15 is 0 Å². The highest BCUT2D eigenvalue weighted by atomic mass is 19.1. The van der Waals surface area contributed by atoms with Crippen LogP contribution in [-0.2, 0) is 11.4 Å². The van der Waals surface area contributed by atoms with Crippen molar-refractivity contribution in [2.45, 2.75) is 13.5 Å². The van der Waals surface area contributed by atoms with Crippen molar-refractivity contribution >= 4 is 17.7 Å². The van der Waals surface area contributed by atoms with Crippen molar-refractivity contribution in [1.82, 2.24) is 0 Å². The summed E-state index contributed by atoms with van der Waals surface area (Å²) in [7, 11) is 0. The largest absolute Gasteiger partial charge is 0.490 e. The first-order valence-corrected chi connectivity index (χ1v) is 9.81. The smallest absolute Gasteiger partial charge is 0.266 e. The number of ether oxygens (including phenoxy) is 2. The maximum atomic E-state index is 13.1. The van der Waals surface area contributed by atoms with Gasteiger partial charge in [0.2, 0.25) is 0 Å². The Morgan fingerprint density at radius 1 is 0.969 bits per heavy atom. The number of nitriles is 1. The van der Waals surface area contributed by atoms with E-state index in [0.717, 1.165) is 5.56 Å². The minimum atomic E-state index is -0.617. The first-order chi connectivity index (χ1) is 15.5. The van der Waals surface area contributed by atoms with Gasteiger partial charge in [0.05, 0.1) is 6.61 Å². The van der Waals surface area contributed by atoms with Crippen LogP contribution < -0.4 is 14.8 Å². The van der Waals surface area contributed by atoms with Gasteiger partial charge in [0.25, 0.3) is 5.91 Å². The van der Waals surface area contributed by atoms with Gasteiger partial charge in [-0.15, -0.1) is 0 Å². The van der Waals surface area contributed by atoms with E-state index in [0.29, 0.717) is 29.4 Å². The molecule has 1 amide bonds. The lowest BCUT2D eigenvalue weighted by atomic mass is 10.1. The molecule has 0 unspecified atom stereocenters. The minimum absolute atomic E-state index is 0.128. The van der Waals surface area contributed by atoms with Crippen LogP contribution in [0.3, 0.4) is 0 Å². The molecule has 32 heavy (non-hydrogen) atoms. The lowest BCUT2D eigenvalue weighted by Gasteiger charge is -2.13. The molecule has 0 bridgehead atoms. The van der Waals surface area contributed by atoms with E-state index in [4.69, 9.17) is 9.47 Å². The number of carbonyl (C=O) groups excluding carboxylic acids is 1. The Kier molecular flexibility index (Phi) is 7.55. The van der Waals surface area contributed by atoms with Gasteiger partial charge in [0.1, 0.15) is 29.9 Å². The van der Waals surface area contributed by atoms with Crippen molar-refractivity contribution in [2.24, 2.45) is 0 Å². The highest BCUT2D eigenvalue weighted by Crippen LogP contribution is 2.30. The van der Waals surface area contributed by atoms with Gasteiger partial charge in [-0.3, -0.25) is 4.79 Å². The molecule has 0 saturated carbocycles. The summed E-state index contributed by atoms with van der Waals surface area (Å²) in [5.74, 6) is -0.447. The van der Waals surface area contributed by atoms with Crippen LogP contribution in [0.2, 0.25) is 0 Å². The fourth-order valence-electron chi connectivity index (χ4n) is 2.79. The van der Waals surface area contributed by atoms with Crippen LogP contribution in [0.5, 0.6) is 11.5 Å². The predicted octanol–water partition coefficient (Wildman–Crippen LogP) is 5.49. The van der Waals surface area contributed by atoms with Crippen LogP contribution >= 0.6 is 0 Å². The first kappa shape index (κ1) is 22.5. The van der Waals surface area contributed by atoms with Crippen molar-refractivity contribution in [3.05, 3.63) is 95.1 Å². The molecule has 0 radical (unpaired) electrons. The Hall–Kier alpha value is -4.18. The third kappa shape index (κ3) is 6.16. The molecule has 1 N–H and O–H groups in total. The van der Waals surface area contributed by atoms with Crippen LogP contribution in [0.15, 0.2) is 72.3 Å². The van der Waals surface area contributed by atoms with Crippen molar-refractivity contribution in [1.29, 1.82) is 5.26 Å². The standard InChI is InChI=1S/C25H20F2N2O3/c1-2-31-24-14-18(5-12-23(24)32-16-17-3-6-20(26)7-4-17)13-19(15-28)25(30)29-22-10-8-21(27)9-11-22/h3-14H,2,16H2,1H3,(H,29,30)/b19-13-. The Balaban J connectivity index is 1.76. The molecule has 0 aliphatic rings. The monoisotopic (exact) mass is 434 g/mol. The summed E-state index contributed by atoms with van der Waals surface area (Å²) in [5, 5.41) is 12.0. The molecule has 0 heterocycles. The van der Waals surface area contributed by atoms with Gasteiger partial charge in [-0.25, -0.2) is 8.78 Å². The van der Waals surface area contributed by atoms with E-state index in [1.54, 1.807) is 30.3 Å². The molecule has 162 valence electrons. The molecule has 3 rings (SSSR count). The molecule has 0 atom stereocenters. The van der Waals surface area contributed by atoms with Crippen LogP contribution in [0.25, 0.3) is 6.08 Å². The molecule has 0 aliphatic carbocycles. The summed E-state index contributed by atoms with van der Waals surface area (Å²) in [4.78, 5) is 12.4. The summed E-state index contributed by atoms with van der Waals surface area (Å²) < 4.78 is 37.5. The molecule has 0 aromatic heterocycles. The summed E-state index contributed by atoms with van der Waals surface area (Å²) in [6.07, 6.45) is 1.42. The third-order valence-electron chi connectivity index (χ3n) is 4.35. The van der Waals surface area contributed by atoms with Crippen molar-refractivity contribution < 1.29 is 23.0 Å². The molecule has 0 saturated heterocycles. The average Bonchev–Trinajstić information content (AvgIpc) is 2.79. The van der Waals surface area contributed by atoms with Gasteiger partial charge < -0.3 is 14.8 Å². The minimum Gasteiger partial charge on any atom is -0.490 e. The molecular formula is C25H20F2N2O3. The van der Waals surface area contributed by atoms with Gasteiger partial charge in [0.15, 0.2) is 11.5 Å². The number of carbonyl (C=O) groups is 1. The molecular weight excluding hydrogens is 414 g/mol. The molecule has 0 fully saturated rings. The predicted molar refractivity (Wildman–Crippen MR) is 117 cm³/mol. The lowest BCUT2D eigenvalue weighted by molar-refractivity contribution is -0.112. The van der Waals surface area contributed by atoms with Gasteiger partial charge in [-0.1, -0.05) is 18.2 Å². The number of halogens is 2. The van der Waals surface area contributed by atoms with Crippen LogP contribution in [0, 0.1) is 23.0 Å². The van der Waals surface area contributed by atoms with Crippen molar-refractivity contribution in [2.75, 3.05) is 11.9 Å². The Morgan fingerprint density at radius 3 is 2.25 bits per heavy atom. The molecule has 0 spiro atoms. The summed E-state index contributed by atoms with van der Waals surface area (Å²) in [6, 6.07) is 18.1. The van der Waals surface area contributed by atoms with Gasteiger partial charge >= 0.3 is 0 Å². The maximum absolute atomic E-state index is 13.1. The second kappa shape index (κ2) is 10.7. The normalized spacial score (nSPS) is 10.9. The van der Waals surface area contributed by atoms with E-state index in [-0.39, 0.29) is 18.0 Å². The number of nitrogens with zero attached hydrogens (tertiary/aromatic N) is 1. The third-order valence-corrected chi connectivity index (χ3v) is 4.35. The van der Waals surface area contributed by atoms with Gasteiger partial charge in [-0.05, 0) is 72.7 Å². The molecule has 7 heteroatoms. The number of benzene rings is 3.